The van der Waals surface area contributed by atoms with Gasteiger partial charge in [0.15, 0.2) is 5.12 Å². The Balaban J connectivity index is 2.84. The minimum absolute atomic E-state index is 0.0524. The highest BCUT2D eigenvalue weighted by Gasteiger charge is 2.32. The molecule has 0 aromatic carbocycles. The Labute approximate surface area is 111 Å². The first-order valence-corrected chi connectivity index (χ1v) is 6.20. The minimum Gasteiger partial charge on any atom is -0.288 e. The highest BCUT2D eigenvalue weighted by atomic mass is 35.5. The maximum Gasteiger partial charge on any atom is 0.433 e. The summed E-state index contributed by atoms with van der Waals surface area (Å²) >= 11 is 6.58. The van der Waals surface area contributed by atoms with Crippen molar-refractivity contribution < 1.29 is 18.0 Å². The smallest absolute Gasteiger partial charge is 0.288 e. The molecule has 98 valence electrons. The molecule has 0 saturated carbocycles. The van der Waals surface area contributed by atoms with Gasteiger partial charge in [-0.15, -0.1) is 0 Å². The molecule has 1 aromatic heterocycles. The monoisotopic (exact) mass is 295 g/mol. The van der Waals surface area contributed by atoms with Crippen LogP contribution < -0.4 is 0 Å². The highest BCUT2D eigenvalue weighted by Crippen LogP contribution is 2.29. The SMILES string of the molecule is CC(=O)SCC=Cc1cc(Cl)nc(C(F)(F)F)c1. The van der Waals surface area contributed by atoms with E-state index in [0.717, 1.165) is 17.8 Å². The van der Waals surface area contributed by atoms with Gasteiger partial charge < -0.3 is 0 Å². The van der Waals surface area contributed by atoms with Crippen LogP contribution in [0, 0.1) is 0 Å². The summed E-state index contributed by atoms with van der Waals surface area (Å²) in [6, 6.07) is 2.23. The normalized spacial score (nSPS) is 12.1. The van der Waals surface area contributed by atoms with Crippen LogP contribution in [0.5, 0.6) is 0 Å². The lowest BCUT2D eigenvalue weighted by molar-refractivity contribution is -0.141. The number of hydrogen-bond acceptors (Lipinski definition) is 3. The molecule has 0 bridgehead atoms. The van der Waals surface area contributed by atoms with Gasteiger partial charge in [-0.05, 0) is 17.7 Å². The summed E-state index contributed by atoms with van der Waals surface area (Å²) in [5.41, 5.74) is -0.736. The molecule has 0 N–H and O–H groups in total. The zero-order valence-corrected chi connectivity index (χ0v) is 10.9. The fourth-order valence-corrected chi connectivity index (χ4v) is 1.75. The summed E-state index contributed by atoms with van der Waals surface area (Å²) in [6.07, 6.45) is -1.46. The number of nitrogens with zero attached hydrogens (tertiary/aromatic N) is 1. The Hall–Kier alpha value is -1.01. The number of alkyl halides is 3. The lowest BCUT2D eigenvalue weighted by atomic mass is 10.2. The van der Waals surface area contributed by atoms with Crippen molar-refractivity contribution >= 4 is 34.6 Å². The second kappa shape index (κ2) is 6.24. The molecule has 0 aliphatic rings. The van der Waals surface area contributed by atoms with Crippen molar-refractivity contribution in [3.05, 3.63) is 34.6 Å². The lowest BCUT2D eigenvalue weighted by Crippen LogP contribution is -2.08. The standard InChI is InChI=1S/C11H9ClF3NOS/c1-7(17)18-4-2-3-8-5-9(11(13,14)15)16-10(12)6-8/h2-3,5-6H,4H2,1H3. The van der Waals surface area contributed by atoms with Gasteiger partial charge >= 0.3 is 6.18 Å². The minimum atomic E-state index is -4.53. The maximum atomic E-state index is 12.4. The Bertz CT molecular complexity index is 474. The van der Waals surface area contributed by atoms with E-state index < -0.39 is 11.9 Å². The zero-order chi connectivity index (χ0) is 13.8. The van der Waals surface area contributed by atoms with Gasteiger partial charge in [0.2, 0.25) is 0 Å². The number of thioether (sulfide) groups is 1. The van der Waals surface area contributed by atoms with Crippen molar-refractivity contribution in [1.29, 1.82) is 0 Å². The van der Waals surface area contributed by atoms with Gasteiger partial charge in [0.25, 0.3) is 0 Å². The summed E-state index contributed by atoms with van der Waals surface area (Å²) in [6.45, 7) is 1.42. The van der Waals surface area contributed by atoms with Crippen molar-refractivity contribution in [2.45, 2.75) is 13.1 Å². The molecule has 0 radical (unpaired) electrons. The van der Waals surface area contributed by atoms with Crippen molar-refractivity contribution in [1.82, 2.24) is 4.98 Å². The van der Waals surface area contributed by atoms with Crippen LogP contribution in [-0.2, 0) is 11.0 Å². The number of carbonyl (C=O) groups excluding carboxylic acids is 1. The van der Waals surface area contributed by atoms with E-state index in [9.17, 15) is 18.0 Å². The van der Waals surface area contributed by atoms with Gasteiger partial charge in [-0.25, -0.2) is 4.98 Å². The largest absolute Gasteiger partial charge is 0.433 e. The van der Waals surface area contributed by atoms with E-state index in [1.165, 1.54) is 19.1 Å². The molecular weight excluding hydrogens is 287 g/mol. The summed E-state index contributed by atoms with van der Waals surface area (Å²) in [5.74, 6) is 0.399. The number of aromatic nitrogens is 1. The molecule has 0 aliphatic carbocycles. The Kier molecular flexibility index (Phi) is 5.22. The summed E-state index contributed by atoms with van der Waals surface area (Å²) in [4.78, 5) is 13.9. The number of carbonyl (C=O) groups is 1. The summed E-state index contributed by atoms with van der Waals surface area (Å²) in [5, 5.41) is -0.271. The quantitative estimate of drug-likeness (QED) is 0.788. The van der Waals surface area contributed by atoms with Gasteiger partial charge in [0.1, 0.15) is 10.8 Å². The first kappa shape index (κ1) is 15.0. The van der Waals surface area contributed by atoms with Gasteiger partial charge in [0.05, 0.1) is 0 Å². The molecule has 7 heteroatoms. The van der Waals surface area contributed by atoms with Crippen LogP contribution in [0.2, 0.25) is 5.15 Å². The fraction of sp³-hybridized carbons (Fsp3) is 0.273. The van der Waals surface area contributed by atoms with Crippen molar-refractivity contribution in [3.8, 4) is 0 Å². The van der Waals surface area contributed by atoms with Crippen LogP contribution in [0.25, 0.3) is 6.08 Å². The van der Waals surface area contributed by atoms with Crippen molar-refractivity contribution in [2.24, 2.45) is 0 Å². The summed E-state index contributed by atoms with van der Waals surface area (Å²) in [7, 11) is 0. The molecule has 18 heavy (non-hydrogen) atoms. The Morgan fingerprint density at radius 1 is 1.50 bits per heavy atom. The van der Waals surface area contributed by atoms with Gasteiger partial charge in [0, 0.05) is 12.7 Å². The van der Waals surface area contributed by atoms with E-state index >= 15 is 0 Å². The predicted octanol–water partition coefficient (Wildman–Crippen LogP) is 4.05. The summed E-state index contributed by atoms with van der Waals surface area (Å²) < 4.78 is 37.3. The number of rotatable bonds is 3. The first-order valence-electron chi connectivity index (χ1n) is 4.84. The van der Waals surface area contributed by atoms with Crippen LogP contribution in [0.15, 0.2) is 18.2 Å². The molecule has 0 aliphatic heterocycles. The molecule has 1 rings (SSSR count). The average Bonchev–Trinajstić information content (AvgIpc) is 2.22. The molecule has 0 saturated heterocycles. The molecule has 0 atom stereocenters. The third-order valence-electron chi connectivity index (χ3n) is 1.80. The van der Waals surface area contributed by atoms with Gasteiger partial charge in [-0.3, -0.25) is 4.79 Å². The molecule has 2 nitrogen and oxygen atoms in total. The van der Waals surface area contributed by atoms with E-state index in [2.05, 4.69) is 4.98 Å². The lowest BCUT2D eigenvalue weighted by Gasteiger charge is -2.06. The Morgan fingerprint density at radius 3 is 2.72 bits per heavy atom. The average molecular weight is 296 g/mol. The van der Waals surface area contributed by atoms with Gasteiger partial charge in [-0.1, -0.05) is 35.5 Å². The number of pyridine rings is 1. The van der Waals surface area contributed by atoms with Crippen LogP contribution in [0.1, 0.15) is 18.2 Å². The van der Waals surface area contributed by atoms with E-state index in [1.807, 2.05) is 0 Å². The van der Waals surface area contributed by atoms with Gasteiger partial charge in [-0.2, -0.15) is 13.2 Å². The molecule has 0 fully saturated rings. The second-order valence-electron chi connectivity index (χ2n) is 3.31. The van der Waals surface area contributed by atoms with Crippen LogP contribution in [-0.4, -0.2) is 15.9 Å². The van der Waals surface area contributed by atoms with Crippen LogP contribution in [0.4, 0.5) is 13.2 Å². The van der Waals surface area contributed by atoms with E-state index in [-0.39, 0.29) is 10.3 Å². The first-order chi connectivity index (χ1) is 8.29. The zero-order valence-electron chi connectivity index (χ0n) is 9.29. The number of hydrogen-bond donors (Lipinski definition) is 0. The molecule has 0 amide bonds. The van der Waals surface area contributed by atoms with Crippen molar-refractivity contribution in [3.63, 3.8) is 0 Å². The maximum absolute atomic E-state index is 12.4. The van der Waals surface area contributed by atoms with Crippen LogP contribution >= 0.6 is 23.4 Å². The van der Waals surface area contributed by atoms with Crippen LogP contribution in [0.3, 0.4) is 0 Å². The predicted molar refractivity (Wildman–Crippen MR) is 66.4 cm³/mol. The molecule has 0 unspecified atom stereocenters. The van der Waals surface area contributed by atoms with E-state index in [1.54, 1.807) is 6.08 Å². The molecular formula is C11H9ClF3NOS. The molecule has 1 aromatic rings. The fourth-order valence-electron chi connectivity index (χ4n) is 1.11. The van der Waals surface area contributed by atoms with E-state index in [4.69, 9.17) is 11.6 Å². The molecule has 0 spiro atoms. The van der Waals surface area contributed by atoms with Crippen molar-refractivity contribution in [2.75, 3.05) is 5.75 Å². The second-order valence-corrected chi connectivity index (χ2v) is 4.90. The van der Waals surface area contributed by atoms with E-state index in [0.29, 0.717) is 11.3 Å². The molecule has 1 heterocycles. The topological polar surface area (TPSA) is 30.0 Å². The third-order valence-corrected chi connectivity index (χ3v) is 2.76. The Morgan fingerprint density at radius 2 is 2.17 bits per heavy atom. The number of halogens is 4. The third kappa shape index (κ3) is 5.10. The highest BCUT2D eigenvalue weighted by molar-refractivity contribution is 8.13.